The van der Waals surface area contributed by atoms with Crippen molar-refractivity contribution in [1.82, 2.24) is 9.55 Å². The largest absolute Gasteiger partial charge is 0.481 e. The van der Waals surface area contributed by atoms with Gasteiger partial charge in [0.1, 0.15) is 11.3 Å². The Morgan fingerprint density at radius 3 is 3.11 bits per heavy atom. The van der Waals surface area contributed by atoms with Gasteiger partial charge in [-0.25, -0.2) is 4.98 Å². The molecular weight excluding hydrogens is 230 g/mol. The summed E-state index contributed by atoms with van der Waals surface area (Å²) in [6.45, 7) is 2.83. The summed E-state index contributed by atoms with van der Waals surface area (Å²) in [4.78, 5) is 15.4. The second-order valence-corrected chi connectivity index (χ2v) is 4.93. The van der Waals surface area contributed by atoms with Gasteiger partial charge < -0.3 is 15.4 Å². The lowest BCUT2D eigenvalue weighted by Crippen LogP contribution is -2.04. The number of carbonyl (C=O) groups is 1. The van der Waals surface area contributed by atoms with Crippen LogP contribution >= 0.6 is 0 Å². The Labute approximate surface area is 104 Å². The molecule has 2 aromatic rings. The third-order valence-electron chi connectivity index (χ3n) is 3.54. The number of nitrogen functional groups attached to an aromatic ring is 1. The summed E-state index contributed by atoms with van der Waals surface area (Å²) >= 11 is 0. The van der Waals surface area contributed by atoms with Crippen molar-refractivity contribution < 1.29 is 9.90 Å². The van der Waals surface area contributed by atoms with E-state index in [-0.39, 0.29) is 12.3 Å². The van der Waals surface area contributed by atoms with Crippen molar-refractivity contribution in [3.63, 3.8) is 0 Å². The molecule has 18 heavy (non-hydrogen) atoms. The lowest BCUT2D eigenvalue weighted by Gasteiger charge is -2.02. The number of carboxylic acids is 1. The lowest BCUT2D eigenvalue weighted by atomic mass is 10.0. The van der Waals surface area contributed by atoms with Crippen molar-refractivity contribution in [3.05, 3.63) is 23.5 Å². The van der Waals surface area contributed by atoms with Crippen LogP contribution in [-0.2, 0) is 11.3 Å². The molecule has 0 saturated carbocycles. The minimum absolute atomic E-state index is 0.00889. The van der Waals surface area contributed by atoms with E-state index in [1.807, 2.05) is 13.0 Å². The maximum Gasteiger partial charge on any atom is 0.304 e. The van der Waals surface area contributed by atoms with E-state index >= 15 is 0 Å². The fraction of sp³-hybridized carbons (Fsp3) is 0.385. The Morgan fingerprint density at radius 2 is 2.39 bits per heavy atom. The van der Waals surface area contributed by atoms with Crippen LogP contribution in [0.15, 0.2) is 12.1 Å². The van der Waals surface area contributed by atoms with Crippen LogP contribution in [0.1, 0.15) is 30.1 Å². The molecule has 1 aromatic heterocycles. The smallest absolute Gasteiger partial charge is 0.304 e. The molecule has 0 aliphatic carbocycles. The van der Waals surface area contributed by atoms with Crippen molar-refractivity contribution in [2.24, 2.45) is 0 Å². The monoisotopic (exact) mass is 245 g/mol. The van der Waals surface area contributed by atoms with E-state index in [4.69, 9.17) is 10.8 Å². The zero-order chi connectivity index (χ0) is 12.9. The SMILES string of the molecule is Cc1cc(N)c2nc3n(c2c1)CCC3CC(=O)O. The molecule has 3 N–H and O–H groups in total. The average Bonchev–Trinajstić information content (AvgIpc) is 2.79. The number of aryl methyl sites for hydroxylation is 2. The number of aliphatic carboxylic acids is 1. The highest BCUT2D eigenvalue weighted by Gasteiger charge is 2.28. The van der Waals surface area contributed by atoms with Crippen LogP contribution in [0.5, 0.6) is 0 Å². The molecule has 1 aromatic carbocycles. The Kier molecular flexibility index (Phi) is 2.29. The first kappa shape index (κ1) is 11.1. The van der Waals surface area contributed by atoms with Gasteiger partial charge in [0.05, 0.1) is 17.6 Å². The van der Waals surface area contributed by atoms with Crippen molar-refractivity contribution in [2.75, 3.05) is 5.73 Å². The molecule has 94 valence electrons. The van der Waals surface area contributed by atoms with E-state index in [0.717, 1.165) is 35.4 Å². The highest BCUT2D eigenvalue weighted by Crippen LogP contribution is 2.35. The number of benzene rings is 1. The quantitative estimate of drug-likeness (QED) is 0.792. The molecule has 5 nitrogen and oxygen atoms in total. The maximum absolute atomic E-state index is 10.8. The normalized spacial score (nSPS) is 18.2. The van der Waals surface area contributed by atoms with Crippen LogP contribution in [0.3, 0.4) is 0 Å². The number of imidazole rings is 1. The van der Waals surface area contributed by atoms with Gasteiger partial charge >= 0.3 is 5.97 Å². The number of nitrogens with zero attached hydrogens (tertiary/aromatic N) is 2. The van der Waals surface area contributed by atoms with E-state index in [1.165, 1.54) is 0 Å². The molecule has 5 heteroatoms. The van der Waals surface area contributed by atoms with Gasteiger partial charge in [-0.1, -0.05) is 0 Å². The summed E-state index contributed by atoms with van der Waals surface area (Å²) in [6.07, 6.45) is 0.987. The van der Waals surface area contributed by atoms with Crippen LogP contribution in [0.2, 0.25) is 0 Å². The first-order valence-electron chi connectivity index (χ1n) is 6.04. The molecule has 0 fully saturated rings. The fourth-order valence-electron chi connectivity index (χ4n) is 2.78. The van der Waals surface area contributed by atoms with E-state index in [0.29, 0.717) is 5.69 Å². The number of carboxylic acid groups (broad SMARTS) is 1. The number of aromatic nitrogens is 2. The van der Waals surface area contributed by atoms with Gasteiger partial charge in [0.2, 0.25) is 0 Å². The van der Waals surface area contributed by atoms with E-state index in [9.17, 15) is 4.79 Å². The van der Waals surface area contributed by atoms with Gasteiger partial charge in [0, 0.05) is 12.5 Å². The van der Waals surface area contributed by atoms with Gasteiger partial charge in [-0.3, -0.25) is 4.79 Å². The second-order valence-electron chi connectivity index (χ2n) is 4.93. The third-order valence-corrected chi connectivity index (χ3v) is 3.54. The van der Waals surface area contributed by atoms with E-state index < -0.39 is 5.97 Å². The summed E-state index contributed by atoms with van der Waals surface area (Å²) < 4.78 is 2.10. The van der Waals surface area contributed by atoms with Gasteiger partial charge in [-0.05, 0) is 31.0 Å². The lowest BCUT2D eigenvalue weighted by molar-refractivity contribution is -0.137. The minimum atomic E-state index is -0.773. The number of hydrogen-bond acceptors (Lipinski definition) is 3. The van der Waals surface area contributed by atoms with Gasteiger partial charge in [0.25, 0.3) is 0 Å². The standard InChI is InChI=1S/C13H15N3O2/c1-7-4-9(14)12-10(5-7)16-3-2-8(6-11(17)18)13(16)15-12/h4-5,8H,2-3,6,14H2,1H3,(H,17,18). The van der Waals surface area contributed by atoms with E-state index in [2.05, 4.69) is 15.6 Å². The van der Waals surface area contributed by atoms with Crippen LogP contribution < -0.4 is 5.73 Å². The van der Waals surface area contributed by atoms with Gasteiger partial charge in [-0.15, -0.1) is 0 Å². The first-order chi connectivity index (χ1) is 8.56. The third kappa shape index (κ3) is 1.54. The predicted molar refractivity (Wildman–Crippen MR) is 68.5 cm³/mol. The Morgan fingerprint density at radius 1 is 1.61 bits per heavy atom. The van der Waals surface area contributed by atoms with Crippen LogP contribution in [0.25, 0.3) is 11.0 Å². The maximum atomic E-state index is 10.8. The molecule has 0 radical (unpaired) electrons. The zero-order valence-corrected chi connectivity index (χ0v) is 10.2. The molecule has 0 spiro atoms. The molecule has 0 bridgehead atoms. The zero-order valence-electron chi connectivity index (χ0n) is 10.2. The summed E-state index contributed by atoms with van der Waals surface area (Å²) in [7, 11) is 0. The molecule has 1 atom stereocenters. The number of fused-ring (bicyclic) bond motifs is 3. The number of anilines is 1. The number of rotatable bonds is 2. The van der Waals surface area contributed by atoms with Crippen molar-refractivity contribution in [2.45, 2.75) is 32.2 Å². The Balaban J connectivity index is 2.15. The average molecular weight is 245 g/mol. The van der Waals surface area contributed by atoms with Crippen molar-refractivity contribution in [3.8, 4) is 0 Å². The van der Waals surface area contributed by atoms with Crippen LogP contribution in [-0.4, -0.2) is 20.6 Å². The molecule has 1 aliphatic rings. The highest BCUT2D eigenvalue weighted by atomic mass is 16.4. The highest BCUT2D eigenvalue weighted by molar-refractivity contribution is 5.89. The molecular formula is C13H15N3O2. The topological polar surface area (TPSA) is 81.1 Å². The molecule has 0 saturated heterocycles. The van der Waals surface area contributed by atoms with Gasteiger partial charge in [0.15, 0.2) is 0 Å². The molecule has 0 amide bonds. The first-order valence-corrected chi connectivity index (χ1v) is 6.04. The molecule has 3 rings (SSSR count). The Bertz CT molecular complexity index is 645. The van der Waals surface area contributed by atoms with Crippen LogP contribution in [0, 0.1) is 6.92 Å². The van der Waals surface area contributed by atoms with Crippen molar-refractivity contribution in [1.29, 1.82) is 0 Å². The molecule has 1 aliphatic heterocycles. The summed E-state index contributed by atoms with van der Waals surface area (Å²) in [5.41, 5.74) is 9.56. The Hall–Kier alpha value is -2.04. The second kappa shape index (κ2) is 3.73. The van der Waals surface area contributed by atoms with Gasteiger partial charge in [-0.2, -0.15) is 0 Å². The van der Waals surface area contributed by atoms with Crippen molar-refractivity contribution >= 4 is 22.7 Å². The summed E-state index contributed by atoms with van der Waals surface area (Å²) in [5, 5.41) is 8.91. The number of hydrogen-bond donors (Lipinski definition) is 2. The van der Waals surface area contributed by atoms with E-state index in [1.54, 1.807) is 0 Å². The number of nitrogens with two attached hydrogens (primary N) is 1. The predicted octanol–water partition coefficient (Wildman–Crippen LogP) is 1.89. The summed E-state index contributed by atoms with van der Waals surface area (Å²) in [6, 6.07) is 3.96. The summed E-state index contributed by atoms with van der Waals surface area (Å²) in [5.74, 6) is 0.101. The minimum Gasteiger partial charge on any atom is -0.481 e. The fourth-order valence-corrected chi connectivity index (χ4v) is 2.78. The van der Waals surface area contributed by atoms with Crippen LogP contribution in [0.4, 0.5) is 5.69 Å². The molecule has 2 heterocycles. The molecule has 1 unspecified atom stereocenters.